The molecular formula is C16H24N2O3S. The van der Waals surface area contributed by atoms with Gasteiger partial charge in [0.25, 0.3) is 5.91 Å². The number of hydrogen-bond acceptors (Lipinski definition) is 5. The predicted octanol–water partition coefficient (Wildman–Crippen LogP) is 1.51. The quantitative estimate of drug-likeness (QED) is 0.845. The fraction of sp³-hybridized carbons (Fsp3) is 0.688. The number of carbonyl (C=O) groups excluding carboxylic acids is 1. The molecule has 1 amide bonds. The van der Waals surface area contributed by atoms with Crippen molar-refractivity contribution in [2.45, 2.75) is 26.0 Å². The number of thiophene rings is 1. The minimum atomic E-state index is -0.734. The number of nitrogens with zero attached hydrogens (tertiary/aromatic N) is 2. The number of rotatable bonds is 3. The lowest BCUT2D eigenvalue weighted by molar-refractivity contribution is -0.171. The second kappa shape index (κ2) is 6.66. The second-order valence-corrected chi connectivity index (χ2v) is 7.58. The first-order chi connectivity index (χ1) is 10.6. The third-order valence-corrected chi connectivity index (χ3v) is 5.27. The van der Waals surface area contributed by atoms with Crippen LogP contribution in [-0.2, 0) is 20.8 Å². The zero-order valence-corrected chi connectivity index (χ0v) is 14.2. The van der Waals surface area contributed by atoms with Crippen molar-refractivity contribution in [3.63, 3.8) is 0 Å². The Balaban J connectivity index is 1.64. The summed E-state index contributed by atoms with van der Waals surface area (Å²) in [5, 5.41) is 0. The zero-order chi connectivity index (χ0) is 15.6. The first-order valence-electron chi connectivity index (χ1n) is 7.86. The minimum absolute atomic E-state index is 0.0999. The van der Waals surface area contributed by atoms with E-state index < -0.39 is 5.60 Å². The average molecular weight is 324 g/mol. The van der Waals surface area contributed by atoms with Crippen LogP contribution in [0.2, 0.25) is 0 Å². The highest BCUT2D eigenvalue weighted by molar-refractivity contribution is 7.11. The molecule has 6 heteroatoms. The normalized spacial score (nSPS) is 27.1. The molecule has 0 saturated carbocycles. The third-order valence-electron chi connectivity index (χ3n) is 4.28. The molecule has 1 atom stereocenters. The van der Waals surface area contributed by atoms with Crippen molar-refractivity contribution in [3.8, 4) is 0 Å². The molecule has 1 aromatic heterocycles. The lowest BCUT2D eigenvalue weighted by Crippen LogP contribution is -2.60. The van der Waals surface area contributed by atoms with E-state index in [4.69, 9.17) is 9.47 Å². The fourth-order valence-electron chi connectivity index (χ4n) is 3.11. The maximum absolute atomic E-state index is 12.8. The minimum Gasteiger partial charge on any atom is -0.378 e. The van der Waals surface area contributed by atoms with Crippen molar-refractivity contribution >= 4 is 17.2 Å². The topological polar surface area (TPSA) is 42.0 Å². The van der Waals surface area contributed by atoms with Crippen molar-refractivity contribution in [2.75, 3.05) is 46.0 Å². The summed E-state index contributed by atoms with van der Waals surface area (Å²) in [6.07, 6.45) is 0. The van der Waals surface area contributed by atoms with Crippen LogP contribution in [0.5, 0.6) is 0 Å². The molecule has 2 saturated heterocycles. The van der Waals surface area contributed by atoms with Crippen LogP contribution in [-0.4, -0.2) is 67.3 Å². The molecule has 3 heterocycles. The lowest BCUT2D eigenvalue weighted by Gasteiger charge is -2.42. The van der Waals surface area contributed by atoms with E-state index in [1.54, 1.807) is 0 Å². The molecule has 1 unspecified atom stereocenters. The van der Waals surface area contributed by atoms with E-state index in [2.05, 4.69) is 24.0 Å². The summed E-state index contributed by atoms with van der Waals surface area (Å²) in [6.45, 7) is 9.67. The van der Waals surface area contributed by atoms with E-state index in [1.807, 2.05) is 23.2 Å². The Labute approximate surface area is 135 Å². The standard InChI is InChI=1S/C16H24N2O3S/c1-13-3-4-14(22-13)11-17-5-10-21-16(2,12-17)15(19)18-6-8-20-9-7-18/h3-4H,5-12H2,1-2H3. The van der Waals surface area contributed by atoms with Crippen LogP contribution >= 0.6 is 11.3 Å². The largest absolute Gasteiger partial charge is 0.378 e. The molecule has 2 aliphatic heterocycles. The fourth-order valence-corrected chi connectivity index (χ4v) is 4.04. The molecule has 0 spiro atoms. The van der Waals surface area contributed by atoms with Gasteiger partial charge < -0.3 is 14.4 Å². The Kier molecular flexibility index (Phi) is 4.82. The van der Waals surface area contributed by atoms with Crippen LogP contribution in [0.4, 0.5) is 0 Å². The number of hydrogen-bond donors (Lipinski definition) is 0. The molecular weight excluding hydrogens is 300 g/mol. The van der Waals surface area contributed by atoms with Crippen molar-refractivity contribution < 1.29 is 14.3 Å². The third kappa shape index (κ3) is 3.51. The van der Waals surface area contributed by atoms with Crippen molar-refractivity contribution in [3.05, 3.63) is 21.9 Å². The van der Waals surface area contributed by atoms with Crippen LogP contribution in [0, 0.1) is 6.92 Å². The highest BCUT2D eigenvalue weighted by Gasteiger charge is 2.42. The van der Waals surface area contributed by atoms with Crippen molar-refractivity contribution in [1.82, 2.24) is 9.80 Å². The molecule has 5 nitrogen and oxygen atoms in total. The number of carbonyl (C=O) groups is 1. The van der Waals surface area contributed by atoms with E-state index in [9.17, 15) is 4.79 Å². The van der Waals surface area contributed by atoms with Gasteiger partial charge in [-0.05, 0) is 26.0 Å². The van der Waals surface area contributed by atoms with Gasteiger partial charge >= 0.3 is 0 Å². The van der Waals surface area contributed by atoms with Gasteiger partial charge in [-0.25, -0.2) is 0 Å². The number of amides is 1. The van der Waals surface area contributed by atoms with Gasteiger partial charge in [0.15, 0.2) is 5.60 Å². The van der Waals surface area contributed by atoms with Gasteiger partial charge in [0, 0.05) is 42.5 Å². The first-order valence-corrected chi connectivity index (χ1v) is 8.67. The van der Waals surface area contributed by atoms with Gasteiger partial charge in [-0.3, -0.25) is 9.69 Å². The summed E-state index contributed by atoms with van der Waals surface area (Å²) < 4.78 is 11.2. The van der Waals surface area contributed by atoms with Gasteiger partial charge in [0.05, 0.1) is 19.8 Å². The Hall–Kier alpha value is -0.950. The Morgan fingerprint density at radius 2 is 2.05 bits per heavy atom. The number of morpholine rings is 2. The van der Waals surface area contributed by atoms with Gasteiger partial charge in [-0.15, -0.1) is 11.3 Å². The van der Waals surface area contributed by atoms with Crippen molar-refractivity contribution in [1.29, 1.82) is 0 Å². The van der Waals surface area contributed by atoms with Crippen LogP contribution < -0.4 is 0 Å². The smallest absolute Gasteiger partial charge is 0.256 e. The Bertz CT molecular complexity index is 527. The maximum atomic E-state index is 12.8. The number of ether oxygens (including phenoxy) is 2. The van der Waals surface area contributed by atoms with Crippen molar-refractivity contribution in [2.24, 2.45) is 0 Å². The highest BCUT2D eigenvalue weighted by Crippen LogP contribution is 2.24. The Morgan fingerprint density at radius 1 is 1.27 bits per heavy atom. The summed E-state index contributed by atoms with van der Waals surface area (Å²) in [6, 6.07) is 4.33. The van der Waals surface area contributed by atoms with E-state index in [1.165, 1.54) is 9.75 Å². The molecule has 0 radical (unpaired) electrons. The molecule has 0 bridgehead atoms. The van der Waals surface area contributed by atoms with Crippen LogP contribution in [0.1, 0.15) is 16.7 Å². The summed E-state index contributed by atoms with van der Waals surface area (Å²) in [7, 11) is 0. The molecule has 2 aliphatic rings. The van der Waals surface area contributed by atoms with E-state index >= 15 is 0 Å². The summed E-state index contributed by atoms with van der Waals surface area (Å²) in [4.78, 5) is 19.7. The monoisotopic (exact) mass is 324 g/mol. The van der Waals surface area contributed by atoms with Gasteiger partial charge in [-0.1, -0.05) is 0 Å². The number of aryl methyl sites for hydroxylation is 1. The van der Waals surface area contributed by atoms with E-state index in [-0.39, 0.29) is 5.91 Å². The second-order valence-electron chi connectivity index (χ2n) is 6.21. The van der Waals surface area contributed by atoms with E-state index in [0.717, 1.165) is 13.1 Å². The molecule has 1 aromatic rings. The van der Waals surface area contributed by atoms with Gasteiger partial charge in [0.2, 0.25) is 0 Å². The molecule has 22 heavy (non-hydrogen) atoms. The summed E-state index contributed by atoms with van der Waals surface area (Å²) >= 11 is 1.82. The summed E-state index contributed by atoms with van der Waals surface area (Å²) in [5.41, 5.74) is -0.734. The van der Waals surface area contributed by atoms with E-state index in [0.29, 0.717) is 39.5 Å². The average Bonchev–Trinajstić information content (AvgIpc) is 2.92. The summed E-state index contributed by atoms with van der Waals surface area (Å²) in [5.74, 6) is 0.0999. The Morgan fingerprint density at radius 3 is 2.73 bits per heavy atom. The molecule has 0 N–H and O–H groups in total. The lowest BCUT2D eigenvalue weighted by atomic mass is 10.0. The SMILES string of the molecule is Cc1ccc(CN2CCOC(C)(C(=O)N3CCOCC3)C2)s1. The molecule has 0 aliphatic carbocycles. The molecule has 3 rings (SSSR count). The zero-order valence-electron chi connectivity index (χ0n) is 13.3. The molecule has 122 valence electrons. The van der Waals surface area contributed by atoms with Crippen LogP contribution in [0.3, 0.4) is 0 Å². The van der Waals surface area contributed by atoms with Crippen LogP contribution in [0.15, 0.2) is 12.1 Å². The van der Waals surface area contributed by atoms with Gasteiger partial charge in [0.1, 0.15) is 0 Å². The van der Waals surface area contributed by atoms with Crippen LogP contribution in [0.25, 0.3) is 0 Å². The molecule has 2 fully saturated rings. The van der Waals surface area contributed by atoms with Gasteiger partial charge in [-0.2, -0.15) is 0 Å². The highest BCUT2D eigenvalue weighted by atomic mass is 32.1. The molecule has 0 aromatic carbocycles. The predicted molar refractivity (Wildman–Crippen MR) is 86.1 cm³/mol. The maximum Gasteiger partial charge on any atom is 0.256 e. The first kappa shape index (κ1) is 15.9.